The van der Waals surface area contributed by atoms with Crippen molar-refractivity contribution in [1.82, 2.24) is 10.6 Å². The maximum atomic E-state index is 11.4. The zero-order valence-corrected chi connectivity index (χ0v) is 20.8. The second kappa shape index (κ2) is 14.0. The SMILES string of the molecule is CCOCCCNC(=NCc1ccc(S(N)(=O)=O)cc1)NCc1ccc([N+](=O)[O-])cc1.I. The van der Waals surface area contributed by atoms with Gasteiger partial charge in [-0.2, -0.15) is 0 Å². The van der Waals surface area contributed by atoms with Crippen LogP contribution in [0.2, 0.25) is 0 Å². The second-order valence-corrected chi connectivity index (χ2v) is 8.17. The third-order valence-corrected chi connectivity index (χ3v) is 5.17. The molecule has 0 fully saturated rings. The maximum Gasteiger partial charge on any atom is 0.269 e. The number of nitro groups is 1. The molecule has 2 rings (SSSR count). The highest BCUT2D eigenvalue weighted by atomic mass is 127. The number of aliphatic imine (C=N–C) groups is 1. The summed E-state index contributed by atoms with van der Waals surface area (Å²) in [7, 11) is -3.73. The number of nitrogens with zero attached hydrogens (tertiary/aromatic N) is 2. The molecule has 32 heavy (non-hydrogen) atoms. The number of non-ortho nitro benzene ring substituents is 1. The minimum atomic E-state index is -3.73. The fourth-order valence-corrected chi connectivity index (χ4v) is 3.09. The first-order valence-electron chi connectivity index (χ1n) is 9.74. The molecule has 0 aromatic heterocycles. The number of hydrogen-bond acceptors (Lipinski definition) is 6. The molecule has 0 saturated heterocycles. The number of halogens is 1. The van der Waals surface area contributed by atoms with Crippen molar-refractivity contribution in [2.24, 2.45) is 10.1 Å². The van der Waals surface area contributed by atoms with Gasteiger partial charge >= 0.3 is 0 Å². The zero-order valence-electron chi connectivity index (χ0n) is 17.7. The average molecular weight is 577 g/mol. The number of benzene rings is 2. The molecule has 12 heteroatoms. The lowest BCUT2D eigenvalue weighted by Crippen LogP contribution is -2.37. The molecule has 0 radical (unpaired) electrons. The molecule has 0 bridgehead atoms. The minimum Gasteiger partial charge on any atom is -0.382 e. The summed E-state index contributed by atoms with van der Waals surface area (Å²) in [6, 6.07) is 12.5. The molecule has 0 spiro atoms. The molecule has 0 unspecified atom stereocenters. The molecule has 4 N–H and O–H groups in total. The average Bonchev–Trinajstić information content (AvgIpc) is 2.75. The molecule has 0 saturated carbocycles. The molecular formula is C20H28IN5O5S. The van der Waals surface area contributed by atoms with E-state index in [2.05, 4.69) is 15.6 Å². The van der Waals surface area contributed by atoms with E-state index >= 15 is 0 Å². The van der Waals surface area contributed by atoms with E-state index in [1.165, 1.54) is 24.3 Å². The summed E-state index contributed by atoms with van der Waals surface area (Å²) in [5, 5.41) is 22.3. The third-order valence-electron chi connectivity index (χ3n) is 4.24. The highest BCUT2D eigenvalue weighted by Crippen LogP contribution is 2.12. The summed E-state index contributed by atoms with van der Waals surface area (Å²) in [5.74, 6) is 0.561. The van der Waals surface area contributed by atoms with Gasteiger partial charge in [-0.3, -0.25) is 10.1 Å². The summed E-state index contributed by atoms with van der Waals surface area (Å²) in [6.07, 6.45) is 0.801. The second-order valence-electron chi connectivity index (χ2n) is 6.61. The Labute approximate surface area is 204 Å². The van der Waals surface area contributed by atoms with Gasteiger partial charge in [0.05, 0.1) is 16.4 Å². The number of sulfonamides is 1. The van der Waals surface area contributed by atoms with Crippen molar-refractivity contribution in [2.45, 2.75) is 31.3 Å². The first kappa shape index (κ1) is 27.7. The van der Waals surface area contributed by atoms with Crippen molar-refractivity contribution < 1.29 is 18.1 Å². The standard InChI is InChI=1S/C20H27N5O5S.HI/c1-2-30-13-3-12-22-20(23-14-16-4-8-18(9-5-16)25(26)27)24-15-17-6-10-19(11-7-17)31(21,28)29;/h4-11H,2-3,12-15H2,1H3,(H2,21,28,29)(H2,22,23,24);1H. The smallest absolute Gasteiger partial charge is 0.269 e. The maximum absolute atomic E-state index is 11.4. The monoisotopic (exact) mass is 577 g/mol. The van der Waals surface area contributed by atoms with Gasteiger partial charge in [0.25, 0.3) is 5.69 Å². The predicted molar refractivity (Wildman–Crippen MR) is 133 cm³/mol. The van der Waals surface area contributed by atoms with Crippen LogP contribution in [-0.4, -0.2) is 39.1 Å². The molecular weight excluding hydrogens is 549 g/mol. The Morgan fingerprint density at radius 1 is 1.09 bits per heavy atom. The number of primary sulfonamides is 1. The quantitative estimate of drug-likeness (QED) is 0.0928. The highest BCUT2D eigenvalue weighted by molar-refractivity contribution is 14.0. The molecule has 2 aromatic carbocycles. The Hall–Kier alpha value is -2.29. The predicted octanol–water partition coefficient (Wildman–Crippen LogP) is 2.52. The Morgan fingerprint density at radius 2 is 1.72 bits per heavy atom. The normalized spacial score (nSPS) is 11.5. The van der Waals surface area contributed by atoms with E-state index in [4.69, 9.17) is 9.88 Å². The van der Waals surface area contributed by atoms with Gasteiger partial charge in [-0.15, -0.1) is 24.0 Å². The molecule has 176 valence electrons. The zero-order chi connectivity index (χ0) is 22.7. The fraction of sp³-hybridized carbons (Fsp3) is 0.350. The van der Waals surface area contributed by atoms with Crippen molar-refractivity contribution in [2.75, 3.05) is 19.8 Å². The van der Waals surface area contributed by atoms with Crippen LogP contribution in [0.25, 0.3) is 0 Å². The largest absolute Gasteiger partial charge is 0.382 e. The van der Waals surface area contributed by atoms with Crippen molar-refractivity contribution >= 4 is 45.6 Å². The van der Waals surface area contributed by atoms with Crippen molar-refractivity contribution in [3.8, 4) is 0 Å². The van der Waals surface area contributed by atoms with Gasteiger partial charge in [0.2, 0.25) is 10.0 Å². The van der Waals surface area contributed by atoms with Crippen LogP contribution < -0.4 is 15.8 Å². The van der Waals surface area contributed by atoms with Crippen molar-refractivity contribution in [3.63, 3.8) is 0 Å². The van der Waals surface area contributed by atoms with E-state index < -0.39 is 14.9 Å². The number of guanidine groups is 1. The summed E-state index contributed by atoms with van der Waals surface area (Å²) in [5.41, 5.74) is 1.72. The third kappa shape index (κ3) is 9.89. The van der Waals surface area contributed by atoms with E-state index in [9.17, 15) is 18.5 Å². The summed E-state index contributed by atoms with van der Waals surface area (Å²) in [6.45, 7) is 4.64. The summed E-state index contributed by atoms with van der Waals surface area (Å²) >= 11 is 0. The lowest BCUT2D eigenvalue weighted by atomic mass is 10.2. The first-order valence-corrected chi connectivity index (χ1v) is 11.3. The minimum absolute atomic E-state index is 0. The Bertz CT molecular complexity index is 982. The van der Waals surface area contributed by atoms with Crippen molar-refractivity contribution in [3.05, 3.63) is 69.8 Å². The van der Waals surface area contributed by atoms with Crippen LogP contribution >= 0.6 is 24.0 Å². The number of nitrogens with two attached hydrogens (primary N) is 1. The topological polar surface area (TPSA) is 149 Å². The molecule has 0 atom stereocenters. The van der Waals surface area contributed by atoms with Crippen LogP contribution in [0.1, 0.15) is 24.5 Å². The number of ether oxygens (including phenoxy) is 1. The number of hydrogen-bond donors (Lipinski definition) is 3. The van der Waals surface area contributed by atoms with Gasteiger partial charge in [-0.1, -0.05) is 24.3 Å². The van der Waals surface area contributed by atoms with Crippen LogP contribution in [-0.2, 0) is 27.8 Å². The molecule has 10 nitrogen and oxygen atoms in total. The van der Waals surface area contributed by atoms with Crippen molar-refractivity contribution in [1.29, 1.82) is 0 Å². The molecule has 0 aliphatic heterocycles. The molecule has 2 aromatic rings. The van der Waals surface area contributed by atoms with Gasteiger partial charge in [0.1, 0.15) is 0 Å². The Kier molecular flexibility index (Phi) is 12.1. The van der Waals surface area contributed by atoms with Gasteiger partial charge in [-0.25, -0.2) is 18.5 Å². The number of nitro benzene ring substituents is 1. The van der Waals surface area contributed by atoms with Gasteiger partial charge < -0.3 is 15.4 Å². The van der Waals surface area contributed by atoms with E-state index in [0.717, 1.165) is 17.5 Å². The highest BCUT2D eigenvalue weighted by Gasteiger charge is 2.07. The van der Waals surface area contributed by atoms with Gasteiger partial charge in [-0.05, 0) is 36.6 Å². The van der Waals surface area contributed by atoms with Gasteiger partial charge in [0.15, 0.2) is 5.96 Å². The van der Waals surface area contributed by atoms with E-state index in [0.29, 0.717) is 38.8 Å². The number of rotatable bonds is 11. The molecule has 0 aliphatic rings. The lowest BCUT2D eigenvalue weighted by molar-refractivity contribution is -0.384. The van der Waals surface area contributed by atoms with Crippen LogP contribution in [0, 0.1) is 10.1 Å². The number of nitrogens with one attached hydrogen (secondary N) is 2. The first-order chi connectivity index (χ1) is 14.8. The van der Waals surface area contributed by atoms with Crippen LogP contribution in [0.3, 0.4) is 0 Å². The van der Waals surface area contributed by atoms with Crippen LogP contribution in [0.5, 0.6) is 0 Å². The fourth-order valence-electron chi connectivity index (χ4n) is 2.58. The molecule has 0 amide bonds. The lowest BCUT2D eigenvalue weighted by Gasteiger charge is -2.13. The molecule has 0 heterocycles. The van der Waals surface area contributed by atoms with E-state index in [1.54, 1.807) is 24.3 Å². The van der Waals surface area contributed by atoms with Crippen LogP contribution in [0.4, 0.5) is 5.69 Å². The Morgan fingerprint density at radius 3 is 2.28 bits per heavy atom. The van der Waals surface area contributed by atoms with E-state index in [1.807, 2.05) is 6.92 Å². The van der Waals surface area contributed by atoms with Gasteiger partial charge in [0, 0.05) is 38.4 Å². The Balaban J connectivity index is 0.00000512. The van der Waals surface area contributed by atoms with Crippen LogP contribution in [0.15, 0.2) is 58.4 Å². The molecule has 0 aliphatic carbocycles. The van der Waals surface area contributed by atoms with E-state index in [-0.39, 0.29) is 34.6 Å². The summed E-state index contributed by atoms with van der Waals surface area (Å²) < 4.78 is 28.1. The summed E-state index contributed by atoms with van der Waals surface area (Å²) in [4.78, 5) is 14.9.